The van der Waals surface area contributed by atoms with Gasteiger partial charge in [-0.25, -0.2) is 14.8 Å². The molecule has 0 aliphatic carbocycles. The summed E-state index contributed by atoms with van der Waals surface area (Å²) in [5.74, 6) is -2.40. The third-order valence-corrected chi connectivity index (χ3v) is 2.76. The Balaban J connectivity index is 2.51. The zero-order chi connectivity index (χ0) is 17.4. The standard InChI is InChI=1S/C13H6F6N2O2/c14-12(15,16)7-3-1-6(2-4-7)10-20-5-8(11(22)23)9(21-10)13(17,18)19/h1-5H,(H,22,23). The van der Waals surface area contributed by atoms with Gasteiger partial charge in [0.2, 0.25) is 0 Å². The summed E-state index contributed by atoms with van der Waals surface area (Å²) in [6.45, 7) is 0. The van der Waals surface area contributed by atoms with Gasteiger partial charge in [-0.05, 0) is 12.1 Å². The van der Waals surface area contributed by atoms with Crippen molar-refractivity contribution in [3.63, 3.8) is 0 Å². The lowest BCUT2D eigenvalue weighted by Gasteiger charge is -2.11. The van der Waals surface area contributed by atoms with Crippen molar-refractivity contribution in [2.45, 2.75) is 12.4 Å². The van der Waals surface area contributed by atoms with Crippen LogP contribution in [0.15, 0.2) is 30.5 Å². The number of carbonyl (C=O) groups is 1. The molecule has 122 valence electrons. The predicted molar refractivity (Wildman–Crippen MR) is 64.4 cm³/mol. The summed E-state index contributed by atoms with van der Waals surface area (Å²) in [5, 5.41) is 8.71. The minimum Gasteiger partial charge on any atom is -0.478 e. The highest BCUT2D eigenvalue weighted by molar-refractivity contribution is 5.89. The first-order chi connectivity index (χ1) is 10.5. The van der Waals surface area contributed by atoms with Crippen LogP contribution in [0.2, 0.25) is 0 Å². The number of carboxylic acid groups (broad SMARTS) is 1. The first kappa shape index (κ1) is 16.7. The molecule has 0 saturated carbocycles. The molecule has 0 bridgehead atoms. The number of hydrogen-bond donors (Lipinski definition) is 1. The third-order valence-electron chi connectivity index (χ3n) is 2.76. The highest BCUT2D eigenvalue weighted by Gasteiger charge is 2.38. The SMILES string of the molecule is O=C(O)c1cnc(-c2ccc(C(F)(F)F)cc2)nc1C(F)(F)F. The zero-order valence-corrected chi connectivity index (χ0v) is 10.9. The molecule has 0 radical (unpaired) electrons. The van der Waals surface area contributed by atoms with Gasteiger partial charge in [0.05, 0.1) is 5.56 Å². The number of aromatic carboxylic acids is 1. The van der Waals surface area contributed by atoms with E-state index in [1.807, 2.05) is 0 Å². The summed E-state index contributed by atoms with van der Waals surface area (Å²) in [4.78, 5) is 17.4. The Morgan fingerprint density at radius 3 is 1.96 bits per heavy atom. The molecule has 2 rings (SSSR count). The summed E-state index contributed by atoms with van der Waals surface area (Å²) in [6.07, 6.45) is -9.17. The Morgan fingerprint density at radius 1 is 0.957 bits per heavy atom. The Labute approximate surface area is 124 Å². The van der Waals surface area contributed by atoms with Crippen molar-refractivity contribution in [3.05, 3.63) is 47.3 Å². The van der Waals surface area contributed by atoms with E-state index in [2.05, 4.69) is 9.97 Å². The molecule has 1 heterocycles. The molecule has 0 amide bonds. The molecule has 0 fully saturated rings. The van der Waals surface area contributed by atoms with Crippen LogP contribution in [0, 0.1) is 0 Å². The smallest absolute Gasteiger partial charge is 0.434 e. The molecule has 1 aromatic carbocycles. The molecule has 10 heteroatoms. The second-order valence-electron chi connectivity index (χ2n) is 4.33. The molecule has 1 aromatic heterocycles. The van der Waals surface area contributed by atoms with E-state index in [1.54, 1.807) is 0 Å². The lowest BCUT2D eigenvalue weighted by Crippen LogP contribution is -2.16. The topological polar surface area (TPSA) is 63.1 Å². The minimum atomic E-state index is -5.04. The summed E-state index contributed by atoms with van der Waals surface area (Å²) >= 11 is 0. The maximum atomic E-state index is 12.8. The predicted octanol–water partition coefficient (Wildman–Crippen LogP) is 3.88. The minimum absolute atomic E-state index is 0.111. The number of nitrogens with zero attached hydrogens (tertiary/aromatic N) is 2. The van der Waals surface area contributed by atoms with Gasteiger partial charge in [-0.1, -0.05) is 12.1 Å². The van der Waals surface area contributed by atoms with Crippen molar-refractivity contribution >= 4 is 5.97 Å². The van der Waals surface area contributed by atoms with Gasteiger partial charge >= 0.3 is 18.3 Å². The highest BCUT2D eigenvalue weighted by atomic mass is 19.4. The fraction of sp³-hybridized carbons (Fsp3) is 0.154. The number of rotatable bonds is 2. The lowest BCUT2D eigenvalue weighted by molar-refractivity contribution is -0.141. The van der Waals surface area contributed by atoms with Gasteiger partial charge in [0.1, 0.15) is 5.56 Å². The monoisotopic (exact) mass is 336 g/mol. The van der Waals surface area contributed by atoms with Crippen LogP contribution >= 0.6 is 0 Å². The molecule has 4 nitrogen and oxygen atoms in total. The zero-order valence-electron chi connectivity index (χ0n) is 10.9. The van der Waals surface area contributed by atoms with Crippen LogP contribution in [0.4, 0.5) is 26.3 Å². The van der Waals surface area contributed by atoms with Crippen molar-refractivity contribution in [2.75, 3.05) is 0 Å². The second-order valence-corrected chi connectivity index (χ2v) is 4.33. The normalized spacial score (nSPS) is 12.3. The number of benzene rings is 1. The number of hydrogen-bond acceptors (Lipinski definition) is 3. The van der Waals surface area contributed by atoms with Gasteiger partial charge in [0.25, 0.3) is 0 Å². The summed E-state index contributed by atoms with van der Waals surface area (Å²) in [7, 11) is 0. The molecule has 23 heavy (non-hydrogen) atoms. The molecule has 0 aliphatic rings. The van der Waals surface area contributed by atoms with E-state index in [1.165, 1.54) is 0 Å². The van der Waals surface area contributed by atoms with Crippen LogP contribution in [0.1, 0.15) is 21.6 Å². The van der Waals surface area contributed by atoms with E-state index in [9.17, 15) is 31.1 Å². The molecule has 0 aliphatic heterocycles. The van der Waals surface area contributed by atoms with Crippen LogP contribution in [0.25, 0.3) is 11.4 Å². The molecule has 0 spiro atoms. The number of alkyl halides is 6. The summed E-state index contributed by atoms with van der Waals surface area (Å²) in [5.41, 5.74) is -3.91. The first-order valence-corrected chi connectivity index (χ1v) is 5.85. The van der Waals surface area contributed by atoms with Gasteiger partial charge in [0.15, 0.2) is 11.5 Å². The van der Waals surface area contributed by atoms with Crippen LogP contribution in [0.5, 0.6) is 0 Å². The van der Waals surface area contributed by atoms with E-state index < -0.39 is 41.0 Å². The van der Waals surface area contributed by atoms with Crippen LogP contribution in [-0.2, 0) is 12.4 Å². The van der Waals surface area contributed by atoms with Crippen LogP contribution in [0.3, 0.4) is 0 Å². The molecule has 1 N–H and O–H groups in total. The Hall–Kier alpha value is -2.65. The number of carboxylic acids is 1. The fourth-order valence-corrected chi connectivity index (χ4v) is 1.70. The van der Waals surface area contributed by atoms with Crippen molar-refractivity contribution in [1.82, 2.24) is 9.97 Å². The third kappa shape index (κ3) is 3.58. The molecule has 0 saturated heterocycles. The maximum absolute atomic E-state index is 12.8. The van der Waals surface area contributed by atoms with Crippen LogP contribution < -0.4 is 0 Å². The molecular weight excluding hydrogens is 330 g/mol. The average molecular weight is 336 g/mol. The summed E-state index contributed by atoms with van der Waals surface area (Å²) < 4.78 is 75.8. The van der Waals surface area contributed by atoms with Gasteiger partial charge in [0, 0.05) is 11.8 Å². The van der Waals surface area contributed by atoms with Crippen molar-refractivity contribution in [1.29, 1.82) is 0 Å². The second kappa shape index (κ2) is 5.52. The molecule has 0 atom stereocenters. The van der Waals surface area contributed by atoms with Crippen molar-refractivity contribution < 1.29 is 36.2 Å². The van der Waals surface area contributed by atoms with E-state index in [-0.39, 0.29) is 5.56 Å². The average Bonchev–Trinajstić information content (AvgIpc) is 2.45. The fourth-order valence-electron chi connectivity index (χ4n) is 1.70. The maximum Gasteiger partial charge on any atom is 0.434 e. The Morgan fingerprint density at radius 2 is 1.52 bits per heavy atom. The van der Waals surface area contributed by atoms with E-state index in [0.29, 0.717) is 18.3 Å². The van der Waals surface area contributed by atoms with Gasteiger partial charge in [-0.15, -0.1) is 0 Å². The first-order valence-electron chi connectivity index (χ1n) is 5.85. The number of aromatic nitrogens is 2. The van der Waals surface area contributed by atoms with E-state index in [0.717, 1.165) is 12.1 Å². The van der Waals surface area contributed by atoms with Crippen LogP contribution in [-0.4, -0.2) is 21.0 Å². The van der Waals surface area contributed by atoms with Gasteiger partial charge in [-0.3, -0.25) is 0 Å². The Kier molecular flexibility index (Phi) is 4.01. The molecule has 2 aromatic rings. The molecule has 0 unspecified atom stereocenters. The Bertz CT molecular complexity index is 738. The number of halogens is 6. The van der Waals surface area contributed by atoms with E-state index >= 15 is 0 Å². The van der Waals surface area contributed by atoms with Gasteiger partial charge < -0.3 is 5.11 Å². The van der Waals surface area contributed by atoms with Gasteiger partial charge in [-0.2, -0.15) is 26.3 Å². The quantitative estimate of drug-likeness (QED) is 0.846. The highest BCUT2D eigenvalue weighted by Crippen LogP contribution is 2.33. The van der Waals surface area contributed by atoms with Crippen molar-refractivity contribution in [2.24, 2.45) is 0 Å². The van der Waals surface area contributed by atoms with E-state index in [4.69, 9.17) is 5.11 Å². The largest absolute Gasteiger partial charge is 0.478 e. The summed E-state index contributed by atoms with van der Waals surface area (Å²) in [6, 6.07) is 3.13. The lowest BCUT2D eigenvalue weighted by atomic mass is 10.1. The van der Waals surface area contributed by atoms with Crippen molar-refractivity contribution in [3.8, 4) is 11.4 Å². The molecular formula is C13H6F6N2O2.